The summed E-state index contributed by atoms with van der Waals surface area (Å²) < 4.78 is 2.29. The predicted octanol–water partition coefficient (Wildman–Crippen LogP) is 8.90. The zero-order valence-corrected chi connectivity index (χ0v) is 21.2. The molecule has 182 valence electrons. The molecule has 4 rings (SSSR count). The smallest absolute Gasteiger partial charge is 0.162 e. The second-order valence-corrected chi connectivity index (χ2v) is 10.3. The second kappa shape index (κ2) is 11.8. The van der Waals surface area contributed by atoms with Crippen molar-refractivity contribution in [3.63, 3.8) is 0 Å². The largest absolute Gasteiger partial charge is 0.341 e. The molecule has 34 heavy (non-hydrogen) atoms. The van der Waals surface area contributed by atoms with E-state index in [0.29, 0.717) is 12.8 Å². The molecule has 3 aromatic rings. The molecular weight excluding hydrogens is 418 g/mol. The number of ketones is 2. The Morgan fingerprint density at radius 3 is 1.94 bits per heavy atom. The van der Waals surface area contributed by atoms with Gasteiger partial charge >= 0.3 is 0 Å². The summed E-state index contributed by atoms with van der Waals surface area (Å²) in [6.07, 6.45) is 14.6. The Hall–Kier alpha value is -2.42. The van der Waals surface area contributed by atoms with Crippen LogP contribution in [0.4, 0.5) is 0 Å². The van der Waals surface area contributed by atoms with Crippen LogP contribution < -0.4 is 0 Å². The van der Waals surface area contributed by atoms with Gasteiger partial charge in [-0.1, -0.05) is 64.7 Å². The average Bonchev–Trinajstić information content (AvgIpc) is 3.19. The fourth-order valence-electron chi connectivity index (χ4n) is 5.78. The first-order chi connectivity index (χ1) is 16.6. The van der Waals surface area contributed by atoms with Crippen molar-refractivity contribution in [1.29, 1.82) is 0 Å². The van der Waals surface area contributed by atoms with Gasteiger partial charge in [0.05, 0.1) is 0 Å². The first-order valence-corrected chi connectivity index (χ1v) is 13.7. The molecule has 1 saturated carbocycles. The van der Waals surface area contributed by atoms with E-state index in [1.807, 2.05) is 12.1 Å². The summed E-state index contributed by atoms with van der Waals surface area (Å²) in [5.41, 5.74) is 3.90. The van der Waals surface area contributed by atoms with Gasteiger partial charge in [0.1, 0.15) is 0 Å². The van der Waals surface area contributed by atoms with Crippen molar-refractivity contribution >= 4 is 33.4 Å². The fourth-order valence-corrected chi connectivity index (χ4v) is 5.78. The molecule has 0 radical (unpaired) electrons. The Morgan fingerprint density at radius 1 is 0.765 bits per heavy atom. The van der Waals surface area contributed by atoms with Crippen LogP contribution in [0, 0.1) is 5.92 Å². The van der Waals surface area contributed by atoms with E-state index in [-0.39, 0.29) is 11.6 Å². The quantitative estimate of drug-likeness (QED) is 0.200. The number of Topliss-reactive ketones (excluding diaryl/α,β-unsaturated/α-hetero) is 2. The lowest BCUT2D eigenvalue weighted by Crippen LogP contribution is -2.09. The van der Waals surface area contributed by atoms with E-state index >= 15 is 0 Å². The topological polar surface area (TPSA) is 39.1 Å². The minimum Gasteiger partial charge on any atom is -0.341 e. The SMILES string of the molecule is CCCCCCCC(=O)c1ccc2c(c1)c1cc(C(=O)CCC3CCCCC3)ccc1n2CC. The minimum atomic E-state index is 0.232. The Labute approximate surface area is 204 Å². The lowest BCUT2D eigenvalue weighted by Gasteiger charge is -2.20. The molecule has 0 aliphatic heterocycles. The molecule has 0 unspecified atom stereocenters. The molecule has 0 amide bonds. The monoisotopic (exact) mass is 459 g/mol. The van der Waals surface area contributed by atoms with Gasteiger partial charge in [-0.25, -0.2) is 0 Å². The Kier molecular flexibility index (Phi) is 8.59. The number of hydrogen-bond donors (Lipinski definition) is 0. The van der Waals surface area contributed by atoms with Gasteiger partial charge < -0.3 is 4.57 Å². The van der Waals surface area contributed by atoms with Gasteiger partial charge in [-0.3, -0.25) is 9.59 Å². The number of aromatic nitrogens is 1. The van der Waals surface area contributed by atoms with E-state index < -0.39 is 0 Å². The molecule has 0 atom stereocenters. The zero-order valence-electron chi connectivity index (χ0n) is 21.2. The molecule has 0 spiro atoms. The summed E-state index contributed by atoms with van der Waals surface area (Å²) in [4.78, 5) is 25.9. The highest BCUT2D eigenvalue weighted by molar-refractivity contribution is 6.13. The Balaban J connectivity index is 1.55. The van der Waals surface area contributed by atoms with Gasteiger partial charge in [0.25, 0.3) is 0 Å². The predicted molar refractivity (Wildman–Crippen MR) is 143 cm³/mol. The van der Waals surface area contributed by atoms with Crippen molar-refractivity contribution in [3.05, 3.63) is 47.5 Å². The van der Waals surface area contributed by atoms with Gasteiger partial charge in [-0.2, -0.15) is 0 Å². The van der Waals surface area contributed by atoms with E-state index in [1.165, 1.54) is 51.4 Å². The molecule has 1 fully saturated rings. The molecule has 3 heteroatoms. The summed E-state index contributed by atoms with van der Waals surface area (Å²) in [5, 5.41) is 2.19. The van der Waals surface area contributed by atoms with Crippen molar-refractivity contribution in [2.75, 3.05) is 0 Å². The van der Waals surface area contributed by atoms with Crippen LogP contribution >= 0.6 is 0 Å². The number of benzene rings is 2. The Bertz CT molecular complexity index is 1130. The molecular formula is C31H41NO2. The van der Waals surface area contributed by atoms with E-state index in [2.05, 4.69) is 42.7 Å². The normalized spacial score (nSPS) is 14.8. The van der Waals surface area contributed by atoms with Crippen LogP contribution in [0.3, 0.4) is 0 Å². The third-order valence-corrected chi connectivity index (χ3v) is 7.84. The van der Waals surface area contributed by atoms with Gasteiger partial charge in [0.2, 0.25) is 0 Å². The van der Waals surface area contributed by atoms with E-state index in [4.69, 9.17) is 0 Å². The summed E-state index contributed by atoms with van der Waals surface area (Å²) in [5.74, 6) is 1.21. The highest BCUT2D eigenvalue weighted by atomic mass is 16.1. The number of fused-ring (bicyclic) bond motifs is 3. The van der Waals surface area contributed by atoms with Crippen LogP contribution in [-0.2, 0) is 6.54 Å². The van der Waals surface area contributed by atoms with Crippen molar-refractivity contribution in [2.45, 2.75) is 104 Å². The highest BCUT2D eigenvalue weighted by Crippen LogP contribution is 2.32. The van der Waals surface area contributed by atoms with Crippen LogP contribution in [0.2, 0.25) is 0 Å². The van der Waals surface area contributed by atoms with Crippen molar-refractivity contribution in [3.8, 4) is 0 Å². The van der Waals surface area contributed by atoms with Crippen molar-refractivity contribution < 1.29 is 9.59 Å². The highest BCUT2D eigenvalue weighted by Gasteiger charge is 2.18. The molecule has 3 nitrogen and oxygen atoms in total. The number of hydrogen-bond acceptors (Lipinski definition) is 2. The molecule has 0 bridgehead atoms. The zero-order chi connectivity index (χ0) is 23.9. The minimum absolute atomic E-state index is 0.232. The summed E-state index contributed by atoms with van der Waals surface area (Å²) >= 11 is 0. The second-order valence-electron chi connectivity index (χ2n) is 10.3. The average molecular weight is 460 g/mol. The number of unbranched alkanes of at least 4 members (excludes halogenated alkanes) is 4. The molecule has 1 heterocycles. The summed E-state index contributed by atoms with van der Waals surface area (Å²) in [7, 11) is 0. The van der Waals surface area contributed by atoms with Crippen molar-refractivity contribution in [1.82, 2.24) is 4.57 Å². The maximum Gasteiger partial charge on any atom is 0.162 e. The van der Waals surface area contributed by atoms with Crippen molar-refractivity contribution in [2.24, 2.45) is 5.92 Å². The van der Waals surface area contributed by atoms with Crippen LogP contribution in [0.5, 0.6) is 0 Å². The van der Waals surface area contributed by atoms with E-state index in [0.717, 1.165) is 64.7 Å². The molecule has 2 aromatic carbocycles. The van der Waals surface area contributed by atoms with Crippen LogP contribution in [0.25, 0.3) is 21.8 Å². The van der Waals surface area contributed by atoms with Gasteiger partial charge in [-0.05, 0) is 62.1 Å². The van der Waals surface area contributed by atoms with E-state index in [9.17, 15) is 9.59 Å². The van der Waals surface area contributed by atoms with Crippen LogP contribution in [0.15, 0.2) is 36.4 Å². The maximum absolute atomic E-state index is 13.1. The molecule has 1 aromatic heterocycles. The molecule has 0 saturated heterocycles. The molecule has 0 N–H and O–H groups in total. The first kappa shape index (κ1) is 24.7. The number of rotatable bonds is 12. The lowest BCUT2D eigenvalue weighted by molar-refractivity contribution is 0.0965. The number of carbonyl (C=O) groups is 2. The summed E-state index contributed by atoms with van der Waals surface area (Å²) in [6, 6.07) is 12.3. The standard InChI is InChI=1S/C31H41NO2/c1-3-5-6-7-11-14-30(33)24-16-18-28-26(21-24)27-22-25(17-19-29(27)32(28)4-2)31(34)20-15-23-12-9-8-10-13-23/h16-19,21-23H,3-15,20H2,1-2H3. The third kappa shape index (κ3) is 5.62. The number of aryl methyl sites for hydroxylation is 1. The van der Waals surface area contributed by atoms with Gasteiger partial charge in [-0.15, -0.1) is 0 Å². The van der Waals surface area contributed by atoms with Gasteiger partial charge in [0, 0.05) is 52.3 Å². The molecule has 1 aliphatic carbocycles. The van der Waals surface area contributed by atoms with E-state index in [1.54, 1.807) is 0 Å². The van der Waals surface area contributed by atoms with Crippen LogP contribution in [-0.4, -0.2) is 16.1 Å². The molecule has 1 aliphatic rings. The third-order valence-electron chi connectivity index (χ3n) is 7.84. The maximum atomic E-state index is 13.1. The number of carbonyl (C=O) groups excluding carboxylic acids is 2. The van der Waals surface area contributed by atoms with Crippen LogP contribution in [0.1, 0.15) is 118 Å². The first-order valence-electron chi connectivity index (χ1n) is 13.7. The fraction of sp³-hybridized carbons (Fsp3) is 0.548. The Morgan fingerprint density at radius 2 is 1.35 bits per heavy atom. The lowest BCUT2D eigenvalue weighted by atomic mass is 9.85. The summed E-state index contributed by atoms with van der Waals surface area (Å²) in [6.45, 7) is 5.22. The number of nitrogens with zero attached hydrogens (tertiary/aromatic N) is 1. The van der Waals surface area contributed by atoms with Gasteiger partial charge in [0.15, 0.2) is 11.6 Å².